The number of fused-ring (bicyclic) bond motifs is 5. The highest BCUT2D eigenvalue weighted by Gasteiger charge is 2.63. The Morgan fingerprint density at radius 3 is 1.32 bits per heavy atom. The van der Waals surface area contributed by atoms with E-state index >= 15 is 0 Å². The monoisotopic (exact) mass is 1470 g/mol. The van der Waals surface area contributed by atoms with Gasteiger partial charge in [-0.1, -0.05) is 110 Å². The van der Waals surface area contributed by atoms with E-state index in [9.17, 15) is 29.7 Å². The molecule has 21 atom stereocenters. The van der Waals surface area contributed by atoms with E-state index in [4.69, 9.17) is 24.1 Å². The van der Waals surface area contributed by atoms with E-state index in [0.29, 0.717) is 84.3 Å². The molecule has 0 aromatic heterocycles. The number of rotatable bonds is 15. The maximum Gasteiger partial charge on any atom is 0.407 e. The molecule has 7 saturated carbocycles. The molecular formula is C86H149N5O10Si2. The first kappa shape index (κ1) is 83.8. The number of allylic oxidation sites excluding steroid dienone is 3. The number of carbonyl (C=O) groups is 3. The third-order valence-electron chi connectivity index (χ3n) is 31.7. The van der Waals surface area contributed by atoms with Crippen LogP contribution in [-0.4, -0.2) is 132 Å². The lowest BCUT2D eigenvalue weighted by Crippen LogP contribution is -2.54. The molecule has 15 nitrogen and oxygen atoms in total. The summed E-state index contributed by atoms with van der Waals surface area (Å²) in [5.74, 6) is 6.40. The molecule has 586 valence electrons. The molecule has 9 aliphatic carbocycles. The Labute approximate surface area is 627 Å². The lowest BCUT2D eigenvalue weighted by Gasteiger charge is -2.57. The number of ether oxygens (including phenoxy) is 2. The van der Waals surface area contributed by atoms with Crippen LogP contribution in [0.1, 0.15) is 254 Å². The van der Waals surface area contributed by atoms with Crippen molar-refractivity contribution < 1.29 is 48.0 Å². The molecule has 0 spiro atoms. The van der Waals surface area contributed by atoms with Gasteiger partial charge in [-0.2, -0.15) is 0 Å². The van der Waals surface area contributed by atoms with Gasteiger partial charge in [-0.3, -0.25) is 14.8 Å². The van der Waals surface area contributed by atoms with Crippen molar-refractivity contribution in [1.82, 2.24) is 10.6 Å². The second-order valence-electron chi connectivity index (χ2n) is 42.2. The fourth-order valence-electron chi connectivity index (χ4n) is 22.9. The minimum Gasteiger partial charge on any atom is -0.515 e. The van der Waals surface area contributed by atoms with Crippen LogP contribution in [0.4, 0.5) is 9.59 Å². The Kier molecular flexibility index (Phi) is 25.2. The van der Waals surface area contributed by atoms with Crippen molar-refractivity contribution in [1.29, 1.82) is 0 Å². The second kappa shape index (κ2) is 30.9. The molecule has 103 heavy (non-hydrogen) atoms. The molecule has 2 heterocycles. The number of Topliss-reactive ketones (excluding diaryl/α,β-unsaturated/α-hetero) is 1. The fourth-order valence-corrected chi connectivity index (χ4v) is 25.0. The molecule has 7 N–H and O–H groups in total. The zero-order valence-corrected chi connectivity index (χ0v) is 71.4. The number of nitrogens with two attached hydrogens (primary N) is 1. The molecule has 17 heteroatoms. The Hall–Kier alpha value is -3.20. The summed E-state index contributed by atoms with van der Waals surface area (Å²) in [4.78, 5) is 48.2. The number of carbonyl (C=O) groups excluding carboxylic acids is 3. The molecular weight excluding hydrogens is 1320 g/mol. The first-order valence-electron chi connectivity index (χ1n) is 41.1. The first-order chi connectivity index (χ1) is 47.6. The summed E-state index contributed by atoms with van der Waals surface area (Å²) in [5.41, 5.74) is 12.3. The SMILES string of the molecule is C[C@H]1CC[C@](C)([C@H]2CC[C@]3(C)C(=O)/C(=C\O)C[C@H]3[C@@H]2CNC(=O)OC(C)(C)C)[C@@H](CO[Si](C)(C)C(C)(C)C)C1.C[C@H]1CC[C@](C)([C@H]2CC[C@]3(C)C4=C(C=NC4)C[C@H]3[C@@H]2CNC(=O)OC(C)(C)C)[C@@H](CO[Si](C)(C)C(C)(C)C)C1.C[C@]1([C@H]2CC[C@]3(C)C4=C(C=NC4)C[C@H]3[C@@H]2CN)CC[C@H](O)C[C@@H]1CO. The summed E-state index contributed by atoms with van der Waals surface area (Å²) >= 11 is 0. The molecule has 11 rings (SSSR count). The normalized spacial score (nSPS) is 40.0. The van der Waals surface area contributed by atoms with Gasteiger partial charge >= 0.3 is 12.2 Å². The molecule has 0 radical (unpaired) electrons. The molecule has 0 unspecified atom stereocenters. The highest BCUT2D eigenvalue weighted by Crippen LogP contribution is 2.68. The van der Waals surface area contributed by atoms with Crippen LogP contribution in [-0.2, 0) is 23.1 Å². The summed E-state index contributed by atoms with van der Waals surface area (Å²) in [5, 5.41) is 36.8. The second-order valence-corrected chi connectivity index (χ2v) is 51.8. The minimum absolute atomic E-state index is 0.0468. The molecule has 0 bridgehead atoms. The van der Waals surface area contributed by atoms with Gasteiger partial charge in [0.2, 0.25) is 0 Å². The number of aliphatic hydroxyl groups excluding tert-OH is 3. The van der Waals surface area contributed by atoms with Crippen molar-refractivity contribution in [2.24, 2.45) is 131 Å². The number of hydrogen-bond acceptors (Lipinski definition) is 13. The highest BCUT2D eigenvalue weighted by atomic mass is 28.4. The van der Waals surface area contributed by atoms with Crippen molar-refractivity contribution in [2.45, 2.75) is 308 Å². The predicted octanol–water partition coefficient (Wildman–Crippen LogP) is 19.0. The predicted molar refractivity (Wildman–Crippen MR) is 425 cm³/mol. The maximum atomic E-state index is 13.4. The Morgan fingerprint density at radius 2 is 0.932 bits per heavy atom. The van der Waals surface area contributed by atoms with E-state index in [1.54, 1.807) is 11.1 Å². The van der Waals surface area contributed by atoms with Gasteiger partial charge in [0.05, 0.1) is 25.5 Å². The van der Waals surface area contributed by atoms with Crippen molar-refractivity contribution >= 4 is 47.0 Å². The quantitative estimate of drug-likeness (QED) is 0.0514. The summed E-state index contributed by atoms with van der Waals surface area (Å²) in [7, 11) is -3.74. The van der Waals surface area contributed by atoms with Crippen LogP contribution < -0.4 is 16.4 Å². The van der Waals surface area contributed by atoms with Crippen LogP contribution in [0.25, 0.3) is 0 Å². The third kappa shape index (κ3) is 17.1. The van der Waals surface area contributed by atoms with Crippen LogP contribution in [0.15, 0.2) is 44.1 Å². The number of amides is 2. The third-order valence-corrected chi connectivity index (χ3v) is 40.7. The summed E-state index contributed by atoms with van der Waals surface area (Å²) in [6, 6.07) is 0. The average molecular weight is 1470 g/mol. The van der Waals surface area contributed by atoms with E-state index in [1.807, 2.05) is 41.5 Å². The average Bonchev–Trinajstić information content (AvgIpc) is 1.63. The number of nitrogens with zero attached hydrogens (tertiary/aromatic N) is 2. The van der Waals surface area contributed by atoms with Crippen LogP contribution in [0.3, 0.4) is 0 Å². The van der Waals surface area contributed by atoms with E-state index in [0.717, 1.165) is 103 Å². The van der Waals surface area contributed by atoms with Gasteiger partial charge in [-0.25, -0.2) is 9.59 Å². The Balaban J connectivity index is 0.000000184. The van der Waals surface area contributed by atoms with Gasteiger partial charge < -0.3 is 50.0 Å². The molecule has 2 aliphatic heterocycles. The fraction of sp³-hybridized carbons (Fsp3) is 0.872. The molecule has 7 fully saturated rings. The first-order valence-corrected chi connectivity index (χ1v) is 46.9. The van der Waals surface area contributed by atoms with Gasteiger partial charge in [-0.15, -0.1) is 0 Å². The van der Waals surface area contributed by atoms with Crippen LogP contribution in [0, 0.1) is 115 Å². The van der Waals surface area contributed by atoms with Crippen LogP contribution >= 0.6 is 0 Å². The van der Waals surface area contributed by atoms with E-state index in [1.165, 1.54) is 62.5 Å². The number of aliphatic imine (C=N–C) groups is 2. The summed E-state index contributed by atoms with van der Waals surface area (Å²) in [6.07, 6.45) is 23.7. The van der Waals surface area contributed by atoms with E-state index in [-0.39, 0.29) is 79.5 Å². The summed E-state index contributed by atoms with van der Waals surface area (Å²) in [6.45, 7) is 59.6. The lowest BCUT2D eigenvalue weighted by atomic mass is 9.48. The lowest BCUT2D eigenvalue weighted by molar-refractivity contribution is -0.132. The van der Waals surface area contributed by atoms with Crippen molar-refractivity contribution in [3.63, 3.8) is 0 Å². The number of aliphatic hydroxyl groups is 3. The number of ketones is 1. The minimum atomic E-state index is -1.90. The molecule has 0 aromatic carbocycles. The van der Waals surface area contributed by atoms with Crippen molar-refractivity contribution in [2.75, 3.05) is 52.5 Å². The molecule has 2 amide bonds. The maximum absolute atomic E-state index is 13.4. The molecule has 0 aromatic rings. The largest absolute Gasteiger partial charge is 0.515 e. The highest BCUT2D eigenvalue weighted by molar-refractivity contribution is 6.74. The van der Waals surface area contributed by atoms with E-state index in [2.05, 4.69) is 156 Å². The zero-order valence-electron chi connectivity index (χ0n) is 69.4. The topological polar surface area (TPSA) is 224 Å². The number of alkyl carbamates (subject to hydrolysis) is 2. The van der Waals surface area contributed by atoms with Crippen molar-refractivity contribution in [3.8, 4) is 0 Å². The summed E-state index contributed by atoms with van der Waals surface area (Å²) < 4.78 is 25.1. The van der Waals surface area contributed by atoms with Crippen LogP contribution in [0.2, 0.25) is 36.3 Å². The van der Waals surface area contributed by atoms with E-state index < -0.39 is 39.3 Å². The van der Waals surface area contributed by atoms with Gasteiger partial charge in [-0.05, 0) is 319 Å². The zero-order chi connectivity index (χ0) is 76.4. The van der Waals surface area contributed by atoms with Gasteiger partial charge in [0.25, 0.3) is 0 Å². The Morgan fingerprint density at radius 1 is 0.553 bits per heavy atom. The van der Waals surface area contributed by atoms with Crippen molar-refractivity contribution in [3.05, 3.63) is 34.1 Å². The number of hydrogen-bond donors (Lipinski definition) is 6. The molecule has 11 aliphatic rings. The van der Waals surface area contributed by atoms with Gasteiger partial charge in [0.1, 0.15) is 11.2 Å². The van der Waals surface area contributed by atoms with Gasteiger partial charge in [0, 0.05) is 56.3 Å². The van der Waals surface area contributed by atoms with Crippen LogP contribution in [0.5, 0.6) is 0 Å². The van der Waals surface area contributed by atoms with Gasteiger partial charge in [0.15, 0.2) is 22.4 Å². The Bertz CT molecular complexity index is 3190. The number of nitrogens with one attached hydrogen (secondary N) is 2. The smallest absolute Gasteiger partial charge is 0.407 e. The standard InChI is InChI=1S/C33H58N2O3Si.C32H57NO5Si.C21H34N2O2/c1-22-12-14-32(8,24(16-22)21-37-39(10,11)31(5,6)7)26-13-15-33(9)27(17-23-18-34-20-28(23)33)25(26)19-35-29(36)38-30(2,3)4;1-21-12-14-31(8,23(16-21)20-37-39(10,11)30(5,6)7)25-13-15-32(9)26(17-22(19-34)27(32)35)24(25)18-33-28(36)38-29(2,3)4;1-20(5-3-15(25)8-14(20)12-24)17-4-6-21(2)18(16(17)9-22)7-13-10-23-11-19(13)21/h18,22,24-27H,12-17,19-21H2,1-11H3,(H,35,36);19,21,23-26,34H,12-18,20H2,1-11H3,(H,33,36);10,14-18,24-25H,3-9,11-12,22H2,1-2H3/b;22-19-;/t22-,24+,25+,26-,27-,32-,33-;21-,23+,24+,25-,26-,31-,32-;14-,15+,16-,17+,18+,20+,21+/m001/s1. The molecule has 0 saturated heterocycles.